The van der Waals surface area contributed by atoms with E-state index in [4.69, 9.17) is 43.4 Å². The van der Waals surface area contributed by atoms with Gasteiger partial charge in [-0.3, -0.25) is 9.97 Å². The highest BCUT2D eigenvalue weighted by molar-refractivity contribution is 6.31. The summed E-state index contributed by atoms with van der Waals surface area (Å²) in [4.78, 5) is 15.6. The van der Waals surface area contributed by atoms with Crippen LogP contribution in [0.3, 0.4) is 0 Å². The van der Waals surface area contributed by atoms with Gasteiger partial charge in [-0.05, 0) is 46.5 Å². The lowest BCUT2D eigenvalue weighted by molar-refractivity contribution is 0.281. The second kappa shape index (κ2) is 19.6. The lowest BCUT2D eigenvalue weighted by atomic mass is 9.96. The molecule has 0 aliphatic carbocycles. The van der Waals surface area contributed by atoms with E-state index >= 15 is 0 Å². The molecule has 0 radical (unpaired) electrons. The average Bonchev–Trinajstić information content (AvgIpc) is 3.18. The highest BCUT2D eigenvalue weighted by atomic mass is 35.5. The summed E-state index contributed by atoms with van der Waals surface area (Å²) >= 11 is 5.89. The second-order valence-corrected chi connectivity index (χ2v) is 10.5. The SMILES string of the molecule is C.N#Cc1c(N)nc(Cl)c(C#N)c1-c1ccccc1.N#Cc1c(N)nc(OCc2ccncc2)c(C#N)c1-c1ccccc1.OCc1ccncc1. The maximum absolute atomic E-state index is 9.64. The molecule has 4 heterocycles. The summed E-state index contributed by atoms with van der Waals surface area (Å²) in [5.41, 5.74) is 16.3. The quantitative estimate of drug-likeness (QED) is 0.149. The Hall–Kier alpha value is -7.35. The van der Waals surface area contributed by atoms with E-state index in [0.717, 1.165) is 11.1 Å². The fraction of sp³-hybridized carbons (Fsp3) is 0.0769. The fourth-order valence-corrected chi connectivity index (χ4v) is 4.83. The predicted octanol–water partition coefficient (Wildman–Crippen LogP) is 6.99. The molecule has 2 aromatic carbocycles. The molecule has 0 amide bonds. The molecule has 5 N–H and O–H groups in total. The van der Waals surface area contributed by atoms with Crippen molar-refractivity contribution in [3.8, 4) is 52.4 Å². The first-order chi connectivity index (χ1) is 24.9. The molecule has 13 heteroatoms. The standard InChI is InChI=1S/C19H13N5O.C13H7ClN4.C6H7NO.CH4/c20-10-15-17(14-4-2-1-3-5-14)16(11-21)19(24-18(15)22)25-12-13-6-8-23-9-7-13;14-12-9(6-15)11(8-4-2-1-3-5-8)10(7-16)13(17)18-12;8-5-6-1-3-7-4-2-6;/h1-9H,12H2,(H2,22,24);1-5H,(H2,17,18);1-4,8H,5H2;1H4. The Morgan fingerprint density at radius 1 is 0.596 bits per heavy atom. The van der Waals surface area contributed by atoms with Crippen molar-refractivity contribution in [2.75, 3.05) is 11.5 Å². The summed E-state index contributed by atoms with van der Waals surface area (Å²) in [7, 11) is 0. The third-order valence-electron chi connectivity index (χ3n) is 7.00. The van der Waals surface area contributed by atoms with Crippen molar-refractivity contribution in [2.45, 2.75) is 20.6 Å². The van der Waals surface area contributed by atoms with E-state index in [9.17, 15) is 10.5 Å². The van der Waals surface area contributed by atoms with Gasteiger partial charge in [0.2, 0.25) is 5.88 Å². The Morgan fingerprint density at radius 3 is 1.44 bits per heavy atom. The average molecular weight is 707 g/mol. The topological polar surface area (TPSA) is 228 Å². The van der Waals surface area contributed by atoms with E-state index in [1.807, 2.05) is 66.7 Å². The van der Waals surface area contributed by atoms with Crippen LogP contribution in [-0.2, 0) is 13.2 Å². The number of hydrogen-bond acceptors (Lipinski definition) is 12. The predicted molar refractivity (Wildman–Crippen MR) is 198 cm³/mol. The number of nitrogen functional groups attached to an aromatic ring is 2. The maximum atomic E-state index is 9.64. The molecule has 0 fully saturated rings. The highest BCUT2D eigenvalue weighted by Crippen LogP contribution is 2.35. The van der Waals surface area contributed by atoms with E-state index in [1.165, 1.54) is 0 Å². The molecule has 256 valence electrons. The van der Waals surface area contributed by atoms with Crippen LogP contribution in [0.1, 0.15) is 40.8 Å². The summed E-state index contributed by atoms with van der Waals surface area (Å²) in [5.74, 6) is 0.167. The summed E-state index contributed by atoms with van der Waals surface area (Å²) in [6.07, 6.45) is 6.62. The van der Waals surface area contributed by atoms with Crippen molar-refractivity contribution in [2.24, 2.45) is 0 Å². The van der Waals surface area contributed by atoms with Crippen molar-refractivity contribution in [3.05, 3.63) is 148 Å². The van der Waals surface area contributed by atoms with Crippen LogP contribution in [0.2, 0.25) is 5.15 Å². The highest BCUT2D eigenvalue weighted by Gasteiger charge is 2.21. The number of nitrogens with two attached hydrogens (primary N) is 2. The first kappa shape index (κ1) is 39.1. The Kier molecular flexibility index (Phi) is 14.7. The molecule has 0 saturated carbocycles. The van der Waals surface area contributed by atoms with E-state index < -0.39 is 0 Å². The number of benzene rings is 2. The summed E-state index contributed by atoms with van der Waals surface area (Å²) in [5, 5.41) is 45.9. The number of nitriles is 4. The van der Waals surface area contributed by atoms with E-state index in [1.54, 1.807) is 61.2 Å². The first-order valence-corrected chi connectivity index (χ1v) is 15.3. The minimum atomic E-state index is 0. The number of aliphatic hydroxyl groups is 1. The molecule has 4 aromatic heterocycles. The molecule has 0 aliphatic heterocycles. The molecule has 0 unspecified atom stereocenters. The molecular weight excluding hydrogens is 676 g/mol. The number of pyridine rings is 4. The monoisotopic (exact) mass is 706 g/mol. The van der Waals surface area contributed by atoms with E-state index in [2.05, 4.69) is 26.0 Å². The van der Waals surface area contributed by atoms with Gasteiger partial charge in [-0.2, -0.15) is 26.0 Å². The third-order valence-corrected chi connectivity index (χ3v) is 7.28. The second-order valence-electron chi connectivity index (χ2n) is 10.2. The fourth-order valence-electron chi connectivity index (χ4n) is 4.60. The summed E-state index contributed by atoms with van der Waals surface area (Å²) in [6, 6.07) is 33.4. The maximum Gasteiger partial charge on any atom is 0.234 e. The lowest BCUT2D eigenvalue weighted by Crippen LogP contribution is -2.06. The van der Waals surface area contributed by atoms with Crippen molar-refractivity contribution < 1.29 is 9.84 Å². The molecule has 0 atom stereocenters. The Bertz CT molecular complexity index is 2230. The van der Waals surface area contributed by atoms with Crippen molar-refractivity contribution in [1.29, 1.82) is 21.0 Å². The molecule has 0 aliphatic rings. The Balaban J connectivity index is 0.000000235. The molecule has 52 heavy (non-hydrogen) atoms. The minimum absolute atomic E-state index is 0. The molecule has 6 rings (SSSR count). The zero-order valence-corrected chi connectivity index (χ0v) is 27.5. The van der Waals surface area contributed by atoms with E-state index in [0.29, 0.717) is 22.3 Å². The zero-order valence-electron chi connectivity index (χ0n) is 26.8. The number of ether oxygens (including phenoxy) is 1. The van der Waals surface area contributed by atoms with Gasteiger partial charge in [0.15, 0.2) is 0 Å². The molecule has 0 saturated heterocycles. The van der Waals surface area contributed by atoms with Crippen LogP contribution in [0.25, 0.3) is 22.3 Å². The summed E-state index contributed by atoms with van der Waals surface area (Å²) < 4.78 is 5.71. The summed E-state index contributed by atoms with van der Waals surface area (Å²) in [6.45, 7) is 0.312. The van der Waals surface area contributed by atoms with Gasteiger partial charge in [0.05, 0.1) is 12.2 Å². The van der Waals surface area contributed by atoms with Crippen LogP contribution >= 0.6 is 11.6 Å². The molecule has 12 nitrogen and oxygen atoms in total. The van der Waals surface area contributed by atoms with Crippen LogP contribution in [0, 0.1) is 45.3 Å². The van der Waals surface area contributed by atoms with Crippen LogP contribution in [0.4, 0.5) is 11.6 Å². The van der Waals surface area contributed by atoms with Gasteiger partial charge >= 0.3 is 0 Å². The number of rotatable bonds is 6. The van der Waals surface area contributed by atoms with Gasteiger partial charge in [0.1, 0.15) is 64.4 Å². The van der Waals surface area contributed by atoms with Crippen molar-refractivity contribution in [1.82, 2.24) is 19.9 Å². The van der Waals surface area contributed by atoms with Gasteiger partial charge in [0.25, 0.3) is 0 Å². The molecule has 0 spiro atoms. The smallest absolute Gasteiger partial charge is 0.234 e. The van der Waals surface area contributed by atoms with Gasteiger partial charge in [-0.15, -0.1) is 0 Å². The number of anilines is 2. The first-order valence-electron chi connectivity index (χ1n) is 14.9. The van der Waals surface area contributed by atoms with Crippen LogP contribution in [0.15, 0.2) is 110 Å². The van der Waals surface area contributed by atoms with Crippen LogP contribution < -0.4 is 16.2 Å². The Morgan fingerprint density at radius 2 is 1.02 bits per heavy atom. The number of halogens is 1. The number of aromatic nitrogens is 4. The van der Waals surface area contributed by atoms with Crippen molar-refractivity contribution in [3.63, 3.8) is 0 Å². The minimum Gasteiger partial charge on any atom is -0.472 e. The molecule has 6 aromatic rings. The number of nitrogens with zero attached hydrogens (tertiary/aromatic N) is 8. The van der Waals surface area contributed by atoms with E-state index in [-0.39, 0.29) is 65.6 Å². The number of hydrogen-bond donors (Lipinski definition) is 3. The lowest BCUT2D eigenvalue weighted by Gasteiger charge is -2.13. The van der Waals surface area contributed by atoms with Gasteiger partial charge in [-0.25, -0.2) is 4.98 Å². The van der Waals surface area contributed by atoms with Crippen LogP contribution in [-0.4, -0.2) is 25.0 Å². The third kappa shape index (κ3) is 9.63. The Labute approximate surface area is 306 Å². The van der Waals surface area contributed by atoms with Crippen LogP contribution in [0.5, 0.6) is 5.88 Å². The van der Waals surface area contributed by atoms with Crippen molar-refractivity contribution >= 4 is 23.2 Å². The van der Waals surface area contributed by atoms with Gasteiger partial charge < -0.3 is 21.3 Å². The normalized spacial score (nSPS) is 9.42. The van der Waals surface area contributed by atoms with Gasteiger partial charge in [0, 0.05) is 35.9 Å². The number of aliphatic hydroxyl groups excluding tert-OH is 1. The molecule has 0 bridgehead atoms. The largest absolute Gasteiger partial charge is 0.472 e. The molecular formula is C39H31ClN10O2. The zero-order chi connectivity index (χ0) is 36.6. The van der Waals surface area contributed by atoms with Gasteiger partial charge in [-0.1, -0.05) is 79.7 Å².